The fraction of sp³-hybridized carbons (Fsp3) is 0.143. The first-order chi connectivity index (χ1) is 9.43. The molecule has 1 aromatic carbocycles. The molecule has 0 fully saturated rings. The van der Waals surface area contributed by atoms with E-state index >= 15 is 0 Å². The van der Waals surface area contributed by atoms with Gasteiger partial charge in [0, 0.05) is 11.1 Å². The third-order valence-corrected chi connectivity index (χ3v) is 3.03. The molecule has 1 aromatic heterocycles. The van der Waals surface area contributed by atoms with Crippen LogP contribution in [-0.2, 0) is 12.6 Å². The maximum atomic E-state index is 12.9. The number of nitriles is 1. The topological polar surface area (TPSA) is 36.7 Å². The Morgan fingerprint density at radius 2 is 1.85 bits per heavy atom. The molecule has 6 heteroatoms. The number of nitrogens with zero attached hydrogens (tertiary/aromatic N) is 2. The fourth-order valence-electron chi connectivity index (χ4n) is 1.78. The van der Waals surface area contributed by atoms with Gasteiger partial charge in [0.2, 0.25) is 0 Å². The van der Waals surface area contributed by atoms with Gasteiger partial charge < -0.3 is 0 Å². The maximum Gasteiger partial charge on any atom is 0.417 e. The van der Waals surface area contributed by atoms with E-state index in [0.29, 0.717) is 5.56 Å². The highest BCUT2D eigenvalue weighted by Crippen LogP contribution is 2.36. The lowest BCUT2D eigenvalue weighted by atomic mass is 10.0. The van der Waals surface area contributed by atoms with Crippen LogP contribution in [0.2, 0.25) is 5.15 Å². The van der Waals surface area contributed by atoms with E-state index in [9.17, 15) is 13.2 Å². The van der Waals surface area contributed by atoms with Crippen LogP contribution in [0, 0.1) is 11.3 Å². The minimum Gasteiger partial charge on any atom is -0.236 e. The third-order valence-electron chi connectivity index (χ3n) is 2.70. The molecule has 0 bridgehead atoms. The molecule has 2 rings (SSSR count). The highest BCUT2D eigenvalue weighted by Gasteiger charge is 2.33. The molecule has 2 aromatic rings. The predicted molar refractivity (Wildman–Crippen MR) is 69.0 cm³/mol. The number of alkyl halides is 3. The Morgan fingerprint density at radius 3 is 2.45 bits per heavy atom. The molecule has 0 amide bonds. The Morgan fingerprint density at radius 1 is 1.15 bits per heavy atom. The second-order valence-corrected chi connectivity index (χ2v) is 4.38. The summed E-state index contributed by atoms with van der Waals surface area (Å²) in [6.45, 7) is 0. The first-order valence-electron chi connectivity index (χ1n) is 5.62. The van der Waals surface area contributed by atoms with Gasteiger partial charge in [0.1, 0.15) is 5.15 Å². The number of aromatic nitrogens is 1. The second-order valence-electron chi connectivity index (χ2n) is 4.02. The SMILES string of the molecule is N#CCc1ccc(-c2ccccc2C(F)(F)F)nc1Cl. The lowest BCUT2D eigenvalue weighted by Crippen LogP contribution is -2.07. The van der Waals surface area contributed by atoms with Crippen molar-refractivity contribution in [3.8, 4) is 17.3 Å². The van der Waals surface area contributed by atoms with Crippen molar-refractivity contribution in [2.75, 3.05) is 0 Å². The number of rotatable bonds is 2. The zero-order chi connectivity index (χ0) is 14.8. The molecule has 102 valence electrons. The zero-order valence-electron chi connectivity index (χ0n) is 10.1. The van der Waals surface area contributed by atoms with Gasteiger partial charge in [0.15, 0.2) is 0 Å². The predicted octanol–water partition coefficient (Wildman–Crippen LogP) is 4.49. The molecule has 0 N–H and O–H groups in total. The molecule has 0 aliphatic rings. The number of hydrogen-bond donors (Lipinski definition) is 0. The van der Waals surface area contributed by atoms with Crippen LogP contribution >= 0.6 is 11.6 Å². The van der Waals surface area contributed by atoms with Crippen molar-refractivity contribution < 1.29 is 13.2 Å². The number of pyridine rings is 1. The average molecular weight is 297 g/mol. The van der Waals surface area contributed by atoms with Crippen molar-refractivity contribution in [1.29, 1.82) is 5.26 Å². The highest BCUT2D eigenvalue weighted by atomic mass is 35.5. The van der Waals surface area contributed by atoms with E-state index in [-0.39, 0.29) is 22.8 Å². The van der Waals surface area contributed by atoms with E-state index in [0.717, 1.165) is 6.07 Å². The summed E-state index contributed by atoms with van der Waals surface area (Å²) >= 11 is 5.88. The second kappa shape index (κ2) is 5.51. The molecule has 1 heterocycles. The normalized spacial score (nSPS) is 11.2. The minimum atomic E-state index is -4.46. The van der Waals surface area contributed by atoms with Crippen molar-refractivity contribution in [2.45, 2.75) is 12.6 Å². The van der Waals surface area contributed by atoms with Gasteiger partial charge in [-0.3, -0.25) is 0 Å². The Labute approximate surface area is 118 Å². The number of benzene rings is 1. The summed E-state index contributed by atoms with van der Waals surface area (Å²) in [4.78, 5) is 3.95. The van der Waals surface area contributed by atoms with Gasteiger partial charge in [-0.25, -0.2) is 4.98 Å². The van der Waals surface area contributed by atoms with E-state index in [4.69, 9.17) is 16.9 Å². The summed E-state index contributed by atoms with van der Waals surface area (Å²) in [5.74, 6) is 0. The monoisotopic (exact) mass is 296 g/mol. The van der Waals surface area contributed by atoms with Crippen molar-refractivity contribution in [1.82, 2.24) is 4.98 Å². The molecule has 0 atom stereocenters. The van der Waals surface area contributed by atoms with Crippen LogP contribution in [0.15, 0.2) is 36.4 Å². The van der Waals surface area contributed by atoms with E-state index in [1.807, 2.05) is 6.07 Å². The summed E-state index contributed by atoms with van der Waals surface area (Å²) in [6, 6.07) is 10.0. The average Bonchev–Trinajstić information content (AvgIpc) is 2.40. The first kappa shape index (κ1) is 14.4. The van der Waals surface area contributed by atoms with E-state index in [2.05, 4.69) is 4.98 Å². The van der Waals surface area contributed by atoms with Crippen LogP contribution in [0.5, 0.6) is 0 Å². The molecular weight excluding hydrogens is 289 g/mol. The summed E-state index contributed by atoms with van der Waals surface area (Å²) < 4.78 is 38.8. The molecule has 0 radical (unpaired) electrons. The van der Waals surface area contributed by atoms with Gasteiger partial charge in [-0.1, -0.05) is 35.9 Å². The van der Waals surface area contributed by atoms with Crippen LogP contribution < -0.4 is 0 Å². The minimum absolute atomic E-state index is 0.0367. The molecule has 2 nitrogen and oxygen atoms in total. The van der Waals surface area contributed by atoms with Crippen LogP contribution in [0.1, 0.15) is 11.1 Å². The largest absolute Gasteiger partial charge is 0.417 e. The van der Waals surface area contributed by atoms with Crippen molar-refractivity contribution in [2.24, 2.45) is 0 Å². The molecule has 0 saturated carbocycles. The maximum absolute atomic E-state index is 12.9. The summed E-state index contributed by atoms with van der Waals surface area (Å²) in [5, 5.41) is 8.64. The zero-order valence-corrected chi connectivity index (χ0v) is 10.8. The quantitative estimate of drug-likeness (QED) is 0.766. The molecule has 0 saturated heterocycles. The van der Waals surface area contributed by atoms with Gasteiger partial charge in [0.25, 0.3) is 0 Å². The number of halogens is 4. The van der Waals surface area contributed by atoms with Crippen molar-refractivity contribution in [3.05, 3.63) is 52.7 Å². The van der Waals surface area contributed by atoms with Crippen LogP contribution in [0.3, 0.4) is 0 Å². The molecular formula is C14H8ClF3N2. The summed E-state index contributed by atoms with van der Waals surface area (Å²) in [7, 11) is 0. The Kier molecular flexibility index (Phi) is 3.96. The summed E-state index contributed by atoms with van der Waals surface area (Å²) in [5.41, 5.74) is -0.186. The van der Waals surface area contributed by atoms with Gasteiger partial charge in [-0.15, -0.1) is 0 Å². The smallest absolute Gasteiger partial charge is 0.236 e. The first-order valence-corrected chi connectivity index (χ1v) is 6.00. The molecule has 20 heavy (non-hydrogen) atoms. The van der Waals surface area contributed by atoms with Gasteiger partial charge in [-0.2, -0.15) is 18.4 Å². The van der Waals surface area contributed by atoms with Crippen LogP contribution in [0.4, 0.5) is 13.2 Å². The molecule has 0 unspecified atom stereocenters. The van der Waals surface area contributed by atoms with E-state index in [1.165, 1.54) is 30.3 Å². The number of hydrogen-bond acceptors (Lipinski definition) is 2. The van der Waals surface area contributed by atoms with Crippen molar-refractivity contribution in [3.63, 3.8) is 0 Å². The molecule has 0 aliphatic heterocycles. The Bertz CT molecular complexity index is 675. The van der Waals surface area contributed by atoms with Crippen LogP contribution in [0.25, 0.3) is 11.3 Å². The standard InChI is InChI=1S/C14H8ClF3N2/c15-13-9(7-8-19)5-6-12(20-13)10-3-1-2-4-11(10)14(16,17)18/h1-6H,7H2. The highest BCUT2D eigenvalue weighted by molar-refractivity contribution is 6.30. The van der Waals surface area contributed by atoms with Gasteiger partial charge in [-0.05, 0) is 12.1 Å². The molecule has 0 spiro atoms. The lowest BCUT2D eigenvalue weighted by Gasteiger charge is -2.12. The summed E-state index contributed by atoms with van der Waals surface area (Å²) in [6.07, 6.45) is -4.40. The molecule has 0 aliphatic carbocycles. The van der Waals surface area contributed by atoms with E-state index in [1.54, 1.807) is 0 Å². The van der Waals surface area contributed by atoms with E-state index < -0.39 is 11.7 Å². The van der Waals surface area contributed by atoms with Crippen molar-refractivity contribution >= 4 is 11.6 Å². The lowest BCUT2D eigenvalue weighted by molar-refractivity contribution is -0.137. The third kappa shape index (κ3) is 2.91. The van der Waals surface area contributed by atoms with Gasteiger partial charge in [0.05, 0.1) is 23.7 Å². The Hall–Kier alpha value is -2.06. The fourth-order valence-corrected chi connectivity index (χ4v) is 2.00. The Balaban J connectivity index is 2.53. The van der Waals surface area contributed by atoms with Gasteiger partial charge >= 0.3 is 6.18 Å². The van der Waals surface area contributed by atoms with Crippen LogP contribution in [-0.4, -0.2) is 4.98 Å².